The van der Waals surface area contributed by atoms with E-state index in [-0.39, 0.29) is 11.2 Å². The summed E-state index contributed by atoms with van der Waals surface area (Å²) in [6.45, 7) is 8.27. The maximum atomic E-state index is 12.0. The maximum absolute atomic E-state index is 12.0. The number of benzene rings is 1. The first kappa shape index (κ1) is 17.9. The fourth-order valence-electron chi connectivity index (χ4n) is 2.53. The van der Waals surface area contributed by atoms with Gasteiger partial charge in [-0.25, -0.2) is 9.97 Å². The fraction of sp³-hybridized carbons (Fsp3) is 0.316. The zero-order chi connectivity index (χ0) is 18.0. The Bertz CT molecular complexity index is 921. The van der Waals surface area contributed by atoms with Crippen LogP contribution < -0.4 is 0 Å². The second kappa shape index (κ2) is 7.54. The number of fused-ring (bicyclic) bond motifs is 1. The number of carbonyl (C=O) groups is 1. The summed E-state index contributed by atoms with van der Waals surface area (Å²) >= 11 is 3.02. The molecule has 0 amide bonds. The molecule has 3 aromatic rings. The lowest BCUT2D eigenvalue weighted by Crippen LogP contribution is -2.16. The van der Waals surface area contributed by atoms with Crippen LogP contribution in [-0.2, 0) is 9.53 Å². The Morgan fingerprint density at radius 2 is 2.08 bits per heavy atom. The number of nitrogens with zero attached hydrogens (tertiary/aromatic N) is 2. The molecule has 0 aliphatic heterocycles. The molecule has 25 heavy (non-hydrogen) atoms. The van der Waals surface area contributed by atoms with Crippen LogP contribution >= 0.6 is 23.1 Å². The van der Waals surface area contributed by atoms with Gasteiger partial charge < -0.3 is 4.74 Å². The number of rotatable bonds is 5. The number of thioether (sulfide) groups is 1. The Balaban J connectivity index is 2.04. The third-order valence-electron chi connectivity index (χ3n) is 4.06. The van der Waals surface area contributed by atoms with E-state index in [9.17, 15) is 4.79 Å². The Hall–Kier alpha value is -1.92. The average molecular weight is 373 g/mol. The molecule has 0 aliphatic rings. The summed E-state index contributed by atoms with van der Waals surface area (Å²) in [5.41, 5.74) is 4.78. The number of esters is 1. The summed E-state index contributed by atoms with van der Waals surface area (Å²) in [5, 5.41) is 3.63. The van der Waals surface area contributed by atoms with E-state index in [1.54, 1.807) is 17.7 Å². The number of aromatic nitrogens is 2. The molecule has 6 heteroatoms. The second-order valence-corrected chi connectivity index (χ2v) is 8.01. The molecule has 2 heterocycles. The first-order chi connectivity index (χ1) is 12.0. The third-order valence-corrected chi connectivity index (χ3v) is 6.03. The number of hydrogen-bond donors (Lipinski definition) is 0. The van der Waals surface area contributed by atoms with Crippen LogP contribution in [0.25, 0.3) is 21.3 Å². The van der Waals surface area contributed by atoms with Gasteiger partial charge in [0, 0.05) is 10.9 Å². The van der Waals surface area contributed by atoms with Gasteiger partial charge in [0.05, 0.1) is 12.0 Å². The predicted octanol–water partition coefficient (Wildman–Crippen LogP) is 5.02. The summed E-state index contributed by atoms with van der Waals surface area (Å²) in [4.78, 5) is 21.7. The van der Waals surface area contributed by atoms with Crippen molar-refractivity contribution in [3.8, 4) is 11.1 Å². The maximum Gasteiger partial charge on any atom is 0.319 e. The fourth-order valence-corrected chi connectivity index (χ4v) is 4.45. The van der Waals surface area contributed by atoms with Crippen molar-refractivity contribution in [2.24, 2.45) is 0 Å². The van der Waals surface area contributed by atoms with Gasteiger partial charge in [-0.15, -0.1) is 11.3 Å². The molecule has 0 bridgehead atoms. The monoisotopic (exact) mass is 372 g/mol. The molecule has 2 aromatic heterocycles. The molecule has 130 valence electrons. The highest BCUT2D eigenvalue weighted by Crippen LogP contribution is 2.39. The largest absolute Gasteiger partial charge is 0.465 e. The first-order valence-electron chi connectivity index (χ1n) is 8.14. The molecule has 4 nitrogen and oxygen atoms in total. The Morgan fingerprint density at radius 3 is 2.80 bits per heavy atom. The standard InChI is InChI=1S/C19H20N2O2S2/c1-5-23-19(22)13(4)25-18-16-15(9-24-17(16)20-10-21-18)14-7-6-11(2)12(3)8-14/h6-10,13H,5H2,1-4H3. The molecular formula is C19H20N2O2S2. The van der Waals surface area contributed by atoms with Gasteiger partial charge in [0.2, 0.25) is 0 Å². The van der Waals surface area contributed by atoms with E-state index < -0.39 is 0 Å². The van der Waals surface area contributed by atoms with Gasteiger partial charge >= 0.3 is 5.97 Å². The SMILES string of the molecule is CCOC(=O)C(C)Sc1ncnc2scc(-c3ccc(C)c(C)c3)c12. The van der Waals surface area contributed by atoms with E-state index >= 15 is 0 Å². The number of aryl methyl sites for hydroxylation is 2. The summed E-state index contributed by atoms with van der Waals surface area (Å²) in [7, 11) is 0. The minimum absolute atomic E-state index is 0.220. The Morgan fingerprint density at radius 1 is 1.28 bits per heavy atom. The Kier molecular flexibility index (Phi) is 5.39. The number of thiophene rings is 1. The first-order valence-corrected chi connectivity index (χ1v) is 9.90. The van der Waals surface area contributed by atoms with Crippen molar-refractivity contribution in [3.05, 3.63) is 41.0 Å². The number of carbonyl (C=O) groups excluding carboxylic acids is 1. The highest BCUT2D eigenvalue weighted by atomic mass is 32.2. The van der Waals surface area contributed by atoms with Gasteiger partial charge in [-0.2, -0.15) is 0 Å². The highest BCUT2D eigenvalue weighted by Gasteiger charge is 2.20. The lowest BCUT2D eigenvalue weighted by Gasteiger charge is -2.11. The van der Waals surface area contributed by atoms with Crippen LogP contribution in [0.1, 0.15) is 25.0 Å². The lowest BCUT2D eigenvalue weighted by atomic mass is 10.0. The summed E-state index contributed by atoms with van der Waals surface area (Å²) in [6, 6.07) is 6.44. The molecule has 3 rings (SSSR count). The van der Waals surface area contributed by atoms with Gasteiger partial charge in [-0.3, -0.25) is 4.79 Å². The molecule has 0 radical (unpaired) electrons. The second-order valence-electron chi connectivity index (χ2n) is 5.82. The van der Waals surface area contributed by atoms with Gasteiger partial charge in [0.1, 0.15) is 21.4 Å². The summed E-state index contributed by atoms with van der Waals surface area (Å²) in [6.07, 6.45) is 1.56. The molecule has 0 fully saturated rings. The van der Waals surface area contributed by atoms with Crippen LogP contribution in [0.2, 0.25) is 0 Å². The van der Waals surface area contributed by atoms with Gasteiger partial charge in [0.15, 0.2) is 0 Å². The summed E-state index contributed by atoms with van der Waals surface area (Å²) < 4.78 is 5.11. The van der Waals surface area contributed by atoms with Gasteiger partial charge in [-0.1, -0.05) is 30.0 Å². The van der Waals surface area contributed by atoms with Crippen molar-refractivity contribution in [1.29, 1.82) is 0 Å². The van der Waals surface area contributed by atoms with E-state index in [1.807, 2.05) is 13.8 Å². The Labute approximate surface area is 155 Å². The van der Waals surface area contributed by atoms with Gasteiger partial charge in [-0.05, 0) is 44.4 Å². The van der Waals surface area contributed by atoms with Crippen LogP contribution in [0.15, 0.2) is 34.9 Å². The molecule has 0 N–H and O–H groups in total. The molecule has 1 unspecified atom stereocenters. The number of hydrogen-bond acceptors (Lipinski definition) is 6. The van der Waals surface area contributed by atoms with E-state index in [4.69, 9.17) is 4.74 Å². The highest BCUT2D eigenvalue weighted by molar-refractivity contribution is 8.00. The molecule has 0 saturated heterocycles. The third kappa shape index (κ3) is 3.70. The topological polar surface area (TPSA) is 52.1 Å². The van der Waals surface area contributed by atoms with Crippen LogP contribution in [0, 0.1) is 13.8 Å². The van der Waals surface area contributed by atoms with Crippen molar-refractivity contribution >= 4 is 39.3 Å². The van der Waals surface area contributed by atoms with E-state index in [1.165, 1.54) is 22.9 Å². The van der Waals surface area contributed by atoms with Crippen LogP contribution in [0.5, 0.6) is 0 Å². The number of ether oxygens (including phenoxy) is 1. The van der Waals surface area contributed by atoms with Crippen molar-refractivity contribution in [3.63, 3.8) is 0 Å². The summed E-state index contributed by atoms with van der Waals surface area (Å²) in [5.74, 6) is -0.220. The minimum Gasteiger partial charge on any atom is -0.465 e. The minimum atomic E-state index is -0.314. The van der Waals surface area contributed by atoms with Crippen molar-refractivity contribution in [1.82, 2.24) is 9.97 Å². The van der Waals surface area contributed by atoms with Crippen LogP contribution in [0.3, 0.4) is 0 Å². The van der Waals surface area contributed by atoms with Crippen LogP contribution in [-0.4, -0.2) is 27.8 Å². The van der Waals surface area contributed by atoms with E-state index in [2.05, 4.69) is 47.4 Å². The van der Waals surface area contributed by atoms with Crippen molar-refractivity contribution in [2.75, 3.05) is 6.61 Å². The zero-order valence-corrected chi connectivity index (χ0v) is 16.3. The quantitative estimate of drug-likeness (QED) is 0.358. The lowest BCUT2D eigenvalue weighted by molar-refractivity contribution is -0.142. The molecule has 0 spiro atoms. The van der Waals surface area contributed by atoms with E-state index in [0.29, 0.717) is 6.61 Å². The predicted molar refractivity (Wildman–Crippen MR) is 104 cm³/mol. The molecule has 1 aromatic carbocycles. The zero-order valence-electron chi connectivity index (χ0n) is 14.7. The normalized spacial score (nSPS) is 12.3. The molecular weight excluding hydrogens is 352 g/mol. The molecule has 0 aliphatic carbocycles. The van der Waals surface area contributed by atoms with Gasteiger partial charge in [0.25, 0.3) is 0 Å². The molecule has 0 saturated carbocycles. The van der Waals surface area contributed by atoms with E-state index in [0.717, 1.165) is 26.4 Å². The van der Waals surface area contributed by atoms with Crippen molar-refractivity contribution in [2.45, 2.75) is 38.0 Å². The van der Waals surface area contributed by atoms with Crippen molar-refractivity contribution < 1.29 is 9.53 Å². The molecule has 1 atom stereocenters. The van der Waals surface area contributed by atoms with Crippen LogP contribution in [0.4, 0.5) is 0 Å². The average Bonchev–Trinajstić information content (AvgIpc) is 3.02. The smallest absolute Gasteiger partial charge is 0.319 e.